The first-order chi connectivity index (χ1) is 8.49. The SMILES string of the molecule is CCCCN(CCO)c1cc(C(F)(F)F)ccn1. The van der Waals surface area contributed by atoms with Gasteiger partial charge in [0.15, 0.2) is 0 Å². The van der Waals surface area contributed by atoms with E-state index in [1.54, 1.807) is 4.90 Å². The lowest BCUT2D eigenvalue weighted by atomic mass is 10.2. The molecule has 0 atom stereocenters. The van der Waals surface area contributed by atoms with E-state index in [0.29, 0.717) is 6.54 Å². The summed E-state index contributed by atoms with van der Waals surface area (Å²) < 4.78 is 37.7. The molecule has 0 aliphatic heterocycles. The second-order valence-corrected chi connectivity index (χ2v) is 3.96. The molecule has 1 aromatic rings. The average Bonchev–Trinajstić information content (AvgIpc) is 2.33. The molecule has 0 unspecified atom stereocenters. The van der Waals surface area contributed by atoms with Crippen LogP contribution in [0, 0.1) is 0 Å². The Morgan fingerprint density at radius 1 is 1.33 bits per heavy atom. The van der Waals surface area contributed by atoms with Crippen molar-refractivity contribution in [3.8, 4) is 0 Å². The van der Waals surface area contributed by atoms with Gasteiger partial charge in [-0.1, -0.05) is 13.3 Å². The molecule has 6 heteroatoms. The van der Waals surface area contributed by atoms with Crippen LogP contribution >= 0.6 is 0 Å². The molecule has 18 heavy (non-hydrogen) atoms. The Morgan fingerprint density at radius 3 is 2.61 bits per heavy atom. The molecule has 1 N–H and O–H groups in total. The van der Waals surface area contributed by atoms with E-state index in [2.05, 4.69) is 4.98 Å². The van der Waals surface area contributed by atoms with Gasteiger partial charge in [-0.25, -0.2) is 4.98 Å². The fourth-order valence-electron chi connectivity index (χ4n) is 1.58. The van der Waals surface area contributed by atoms with Crippen molar-refractivity contribution in [1.82, 2.24) is 4.98 Å². The van der Waals surface area contributed by atoms with E-state index < -0.39 is 11.7 Å². The second-order valence-electron chi connectivity index (χ2n) is 3.96. The maximum Gasteiger partial charge on any atom is 0.416 e. The van der Waals surface area contributed by atoms with Crippen LogP contribution in [0.5, 0.6) is 0 Å². The van der Waals surface area contributed by atoms with Gasteiger partial charge in [-0.3, -0.25) is 0 Å². The van der Waals surface area contributed by atoms with E-state index >= 15 is 0 Å². The van der Waals surface area contributed by atoms with Crippen molar-refractivity contribution in [3.63, 3.8) is 0 Å². The highest BCUT2D eigenvalue weighted by Crippen LogP contribution is 2.30. The first kappa shape index (κ1) is 14.8. The van der Waals surface area contributed by atoms with Crippen molar-refractivity contribution in [2.75, 3.05) is 24.6 Å². The summed E-state index contributed by atoms with van der Waals surface area (Å²) in [6.45, 7) is 2.76. The number of unbranched alkanes of at least 4 members (excludes halogenated alkanes) is 1. The Kier molecular flexibility index (Phi) is 5.40. The highest BCUT2D eigenvalue weighted by molar-refractivity contribution is 5.41. The first-order valence-corrected chi connectivity index (χ1v) is 5.88. The van der Waals surface area contributed by atoms with Gasteiger partial charge in [0.1, 0.15) is 5.82 Å². The van der Waals surface area contributed by atoms with Crippen LogP contribution in [-0.4, -0.2) is 29.8 Å². The predicted molar refractivity (Wildman–Crippen MR) is 63.4 cm³/mol. The van der Waals surface area contributed by atoms with Gasteiger partial charge in [-0.05, 0) is 18.6 Å². The number of rotatable bonds is 6. The molecule has 0 fully saturated rings. The number of aliphatic hydroxyl groups is 1. The highest BCUT2D eigenvalue weighted by Gasteiger charge is 2.31. The molecule has 1 rings (SSSR count). The fourth-order valence-corrected chi connectivity index (χ4v) is 1.58. The fraction of sp³-hybridized carbons (Fsp3) is 0.583. The third-order valence-electron chi connectivity index (χ3n) is 2.55. The number of nitrogens with zero attached hydrogens (tertiary/aromatic N) is 2. The molecule has 0 amide bonds. The van der Waals surface area contributed by atoms with Crippen LogP contribution in [0.4, 0.5) is 19.0 Å². The molecule has 0 aliphatic carbocycles. The summed E-state index contributed by atoms with van der Waals surface area (Å²) in [5, 5.41) is 8.93. The van der Waals surface area contributed by atoms with E-state index in [1.165, 1.54) is 0 Å². The maximum atomic E-state index is 12.6. The van der Waals surface area contributed by atoms with Crippen LogP contribution in [0.15, 0.2) is 18.3 Å². The zero-order valence-corrected chi connectivity index (χ0v) is 10.2. The van der Waals surface area contributed by atoms with Crippen molar-refractivity contribution in [1.29, 1.82) is 0 Å². The number of halogens is 3. The van der Waals surface area contributed by atoms with Crippen molar-refractivity contribution in [2.24, 2.45) is 0 Å². The Balaban J connectivity index is 2.90. The van der Waals surface area contributed by atoms with E-state index in [0.717, 1.165) is 31.2 Å². The molecular weight excluding hydrogens is 245 g/mol. The predicted octanol–water partition coefficient (Wildman–Crippen LogP) is 2.70. The van der Waals surface area contributed by atoms with Gasteiger partial charge in [-0.2, -0.15) is 13.2 Å². The van der Waals surface area contributed by atoms with Gasteiger partial charge in [0.05, 0.1) is 12.2 Å². The van der Waals surface area contributed by atoms with Crippen LogP contribution in [0.1, 0.15) is 25.3 Å². The van der Waals surface area contributed by atoms with E-state index in [4.69, 9.17) is 5.11 Å². The van der Waals surface area contributed by atoms with E-state index in [1.807, 2.05) is 6.92 Å². The lowest BCUT2D eigenvalue weighted by molar-refractivity contribution is -0.137. The Morgan fingerprint density at radius 2 is 2.06 bits per heavy atom. The zero-order valence-electron chi connectivity index (χ0n) is 10.2. The van der Waals surface area contributed by atoms with Crippen LogP contribution in [0.25, 0.3) is 0 Å². The standard InChI is InChI=1S/C12H17F3N2O/c1-2-3-6-17(7-8-18)11-9-10(4-5-16-11)12(13,14)15/h4-5,9,18H,2-3,6-8H2,1H3. The maximum absolute atomic E-state index is 12.6. The molecule has 0 aromatic carbocycles. The molecule has 0 spiro atoms. The minimum absolute atomic E-state index is 0.109. The summed E-state index contributed by atoms with van der Waals surface area (Å²) in [4.78, 5) is 5.60. The summed E-state index contributed by atoms with van der Waals surface area (Å²) in [5.74, 6) is 0.257. The minimum atomic E-state index is -4.37. The molecule has 1 aromatic heterocycles. The smallest absolute Gasteiger partial charge is 0.395 e. The topological polar surface area (TPSA) is 36.4 Å². The highest BCUT2D eigenvalue weighted by atomic mass is 19.4. The number of pyridine rings is 1. The van der Waals surface area contributed by atoms with E-state index in [9.17, 15) is 13.2 Å². The molecule has 0 aliphatic rings. The van der Waals surface area contributed by atoms with Gasteiger partial charge in [-0.15, -0.1) is 0 Å². The van der Waals surface area contributed by atoms with Crippen molar-refractivity contribution < 1.29 is 18.3 Å². The van der Waals surface area contributed by atoms with Crippen LogP contribution in [0.3, 0.4) is 0 Å². The Bertz CT molecular complexity index is 369. The largest absolute Gasteiger partial charge is 0.416 e. The van der Waals surface area contributed by atoms with E-state index in [-0.39, 0.29) is 19.0 Å². The number of hydrogen-bond donors (Lipinski definition) is 1. The number of aliphatic hydroxyl groups excluding tert-OH is 1. The number of anilines is 1. The van der Waals surface area contributed by atoms with Gasteiger partial charge in [0.25, 0.3) is 0 Å². The summed E-state index contributed by atoms with van der Waals surface area (Å²) in [5.41, 5.74) is -0.716. The lowest BCUT2D eigenvalue weighted by Gasteiger charge is -2.23. The first-order valence-electron chi connectivity index (χ1n) is 5.88. The monoisotopic (exact) mass is 262 g/mol. The summed E-state index contributed by atoms with van der Waals surface area (Å²) in [6.07, 6.45) is -1.44. The molecule has 0 saturated carbocycles. The van der Waals surface area contributed by atoms with Crippen LogP contribution < -0.4 is 4.90 Å². The van der Waals surface area contributed by atoms with Gasteiger partial charge < -0.3 is 10.0 Å². The van der Waals surface area contributed by atoms with Gasteiger partial charge >= 0.3 is 6.18 Å². The molecule has 0 saturated heterocycles. The van der Waals surface area contributed by atoms with Crippen LogP contribution in [0.2, 0.25) is 0 Å². The second kappa shape index (κ2) is 6.58. The molecular formula is C12H17F3N2O. The molecule has 102 valence electrons. The summed E-state index contributed by atoms with van der Waals surface area (Å²) in [7, 11) is 0. The van der Waals surface area contributed by atoms with Crippen molar-refractivity contribution in [2.45, 2.75) is 25.9 Å². The lowest BCUT2D eigenvalue weighted by Crippen LogP contribution is -2.28. The minimum Gasteiger partial charge on any atom is -0.395 e. The Labute approximate surface area is 104 Å². The van der Waals surface area contributed by atoms with Crippen molar-refractivity contribution >= 4 is 5.82 Å². The van der Waals surface area contributed by atoms with Crippen molar-refractivity contribution in [3.05, 3.63) is 23.9 Å². The molecule has 3 nitrogen and oxygen atoms in total. The quantitative estimate of drug-likeness (QED) is 0.856. The van der Waals surface area contributed by atoms with Gasteiger partial charge in [0, 0.05) is 19.3 Å². The molecule has 1 heterocycles. The normalized spacial score (nSPS) is 11.6. The zero-order chi connectivity index (χ0) is 13.6. The molecule has 0 bridgehead atoms. The van der Waals surface area contributed by atoms with Gasteiger partial charge in [0.2, 0.25) is 0 Å². The number of hydrogen-bond acceptors (Lipinski definition) is 3. The Hall–Kier alpha value is -1.30. The average molecular weight is 262 g/mol. The molecule has 0 radical (unpaired) electrons. The third-order valence-corrected chi connectivity index (χ3v) is 2.55. The summed E-state index contributed by atoms with van der Waals surface area (Å²) >= 11 is 0. The van der Waals surface area contributed by atoms with Crippen LogP contribution in [-0.2, 0) is 6.18 Å². The number of aromatic nitrogens is 1. The number of alkyl halides is 3. The summed E-state index contributed by atoms with van der Waals surface area (Å²) in [6, 6.07) is 1.96. The third kappa shape index (κ3) is 4.18.